The van der Waals surface area contributed by atoms with Crippen molar-refractivity contribution in [1.29, 1.82) is 0 Å². The zero-order valence-corrected chi connectivity index (χ0v) is 11.3. The standard InChI is InChI=1S/C17H12OS/c1-10-4-12-6-15-9-17-11(2-3-19-17)5-13(15)7-14(12)8-16(10)18/h2-9,18H,1H3. The number of thiophene rings is 1. The van der Waals surface area contributed by atoms with Crippen LogP contribution in [-0.4, -0.2) is 5.11 Å². The molecule has 1 heterocycles. The summed E-state index contributed by atoms with van der Waals surface area (Å²) in [5.41, 5.74) is 0.920. The van der Waals surface area contributed by atoms with E-state index in [-0.39, 0.29) is 0 Å². The molecule has 0 saturated carbocycles. The lowest BCUT2D eigenvalue weighted by atomic mass is 10.0. The molecule has 0 saturated heterocycles. The third kappa shape index (κ3) is 1.60. The topological polar surface area (TPSA) is 20.2 Å². The fraction of sp³-hybridized carbons (Fsp3) is 0.0588. The fourth-order valence-electron chi connectivity index (χ4n) is 2.61. The van der Waals surface area contributed by atoms with Crippen molar-refractivity contribution in [3.05, 3.63) is 53.4 Å². The van der Waals surface area contributed by atoms with Gasteiger partial charge in [-0.3, -0.25) is 0 Å². The molecule has 3 aromatic carbocycles. The normalized spacial score (nSPS) is 11.6. The Hall–Kier alpha value is -2.06. The van der Waals surface area contributed by atoms with E-state index in [1.807, 2.05) is 19.1 Å². The van der Waals surface area contributed by atoms with Gasteiger partial charge in [-0.1, -0.05) is 0 Å². The fourth-order valence-corrected chi connectivity index (χ4v) is 3.43. The number of phenolic OH excluding ortho intramolecular Hbond substituents is 1. The van der Waals surface area contributed by atoms with Crippen LogP contribution in [0.4, 0.5) is 0 Å². The number of hydrogen-bond donors (Lipinski definition) is 1. The average Bonchev–Trinajstić information content (AvgIpc) is 2.82. The van der Waals surface area contributed by atoms with E-state index in [0.29, 0.717) is 5.75 Å². The van der Waals surface area contributed by atoms with E-state index in [1.54, 1.807) is 11.3 Å². The first-order chi connectivity index (χ1) is 9.20. The van der Waals surface area contributed by atoms with Crippen molar-refractivity contribution in [3.63, 3.8) is 0 Å². The van der Waals surface area contributed by atoms with Crippen LogP contribution in [0.3, 0.4) is 0 Å². The Balaban J connectivity index is 2.17. The van der Waals surface area contributed by atoms with Crippen LogP contribution in [0.1, 0.15) is 5.56 Å². The molecule has 4 rings (SSSR count). The minimum absolute atomic E-state index is 0.364. The van der Waals surface area contributed by atoms with Gasteiger partial charge in [0.15, 0.2) is 0 Å². The Bertz CT molecular complexity index is 859. The first-order valence-electron chi connectivity index (χ1n) is 6.25. The highest BCUT2D eigenvalue weighted by Crippen LogP contribution is 2.32. The van der Waals surface area contributed by atoms with Crippen molar-refractivity contribution in [2.45, 2.75) is 6.92 Å². The quantitative estimate of drug-likeness (QED) is 0.432. The molecule has 0 radical (unpaired) electrons. The lowest BCUT2D eigenvalue weighted by Crippen LogP contribution is -1.80. The summed E-state index contributed by atoms with van der Waals surface area (Å²) >= 11 is 1.77. The lowest BCUT2D eigenvalue weighted by Gasteiger charge is -2.06. The van der Waals surface area contributed by atoms with Gasteiger partial charge >= 0.3 is 0 Å². The second-order valence-corrected chi connectivity index (χ2v) is 5.94. The van der Waals surface area contributed by atoms with E-state index in [1.165, 1.54) is 26.2 Å². The molecule has 0 atom stereocenters. The van der Waals surface area contributed by atoms with Gasteiger partial charge in [-0.05, 0) is 87.3 Å². The van der Waals surface area contributed by atoms with Crippen LogP contribution in [0.15, 0.2) is 47.8 Å². The van der Waals surface area contributed by atoms with E-state index >= 15 is 0 Å². The smallest absolute Gasteiger partial charge is 0.119 e. The van der Waals surface area contributed by atoms with Crippen LogP contribution >= 0.6 is 11.3 Å². The molecule has 19 heavy (non-hydrogen) atoms. The minimum Gasteiger partial charge on any atom is -0.508 e. The van der Waals surface area contributed by atoms with Crippen molar-refractivity contribution >= 4 is 43.0 Å². The Morgan fingerprint density at radius 2 is 1.42 bits per heavy atom. The van der Waals surface area contributed by atoms with Gasteiger partial charge < -0.3 is 5.11 Å². The van der Waals surface area contributed by atoms with Crippen LogP contribution in [0.5, 0.6) is 5.75 Å². The maximum atomic E-state index is 9.83. The van der Waals surface area contributed by atoms with E-state index < -0.39 is 0 Å². The van der Waals surface area contributed by atoms with Gasteiger partial charge in [-0.25, -0.2) is 0 Å². The average molecular weight is 264 g/mol. The van der Waals surface area contributed by atoms with Gasteiger partial charge in [-0.2, -0.15) is 0 Å². The van der Waals surface area contributed by atoms with Crippen LogP contribution in [0.25, 0.3) is 31.6 Å². The molecule has 0 aliphatic rings. The molecule has 2 heteroatoms. The molecule has 0 amide bonds. The summed E-state index contributed by atoms with van der Waals surface area (Å²) in [7, 11) is 0. The highest BCUT2D eigenvalue weighted by atomic mass is 32.1. The van der Waals surface area contributed by atoms with Crippen molar-refractivity contribution in [3.8, 4) is 5.75 Å². The highest BCUT2D eigenvalue weighted by molar-refractivity contribution is 7.17. The van der Waals surface area contributed by atoms with Gasteiger partial charge in [0, 0.05) is 4.70 Å². The molecule has 1 N–H and O–H groups in total. The monoisotopic (exact) mass is 264 g/mol. The van der Waals surface area contributed by atoms with Crippen molar-refractivity contribution in [1.82, 2.24) is 0 Å². The largest absolute Gasteiger partial charge is 0.508 e. The van der Waals surface area contributed by atoms with E-state index in [2.05, 4.69) is 35.7 Å². The summed E-state index contributed by atoms with van der Waals surface area (Å²) < 4.78 is 1.32. The van der Waals surface area contributed by atoms with Crippen LogP contribution in [0.2, 0.25) is 0 Å². The Morgan fingerprint density at radius 3 is 2.26 bits per heavy atom. The van der Waals surface area contributed by atoms with Crippen molar-refractivity contribution < 1.29 is 5.11 Å². The van der Waals surface area contributed by atoms with Crippen LogP contribution in [-0.2, 0) is 0 Å². The Kier molecular flexibility index (Phi) is 2.12. The number of hydrogen-bond acceptors (Lipinski definition) is 2. The summed E-state index contributed by atoms with van der Waals surface area (Å²) in [5, 5.41) is 18.0. The molecule has 0 aliphatic heterocycles. The molecule has 1 aromatic heterocycles. The molecule has 1 nitrogen and oxygen atoms in total. The lowest BCUT2D eigenvalue weighted by molar-refractivity contribution is 0.472. The number of rotatable bonds is 0. The van der Waals surface area contributed by atoms with E-state index in [4.69, 9.17) is 0 Å². The van der Waals surface area contributed by atoms with E-state index in [0.717, 1.165) is 10.9 Å². The third-order valence-corrected chi connectivity index (χ3v) is 4.56. The molecule has 0 unspecified atom stereocenters. The number of fused-ring (bicyclic) bond motifs is 3. The minimum atomic E-state index is 0.364. The second-order valence-electron chi connectivity index (χ2n) is 5.00. The zero-order valence-electron chi connectivity index (χ0n) is 10.5. The van der Waals surface area contributed by atoms with E-state index in [9.17, 15) is 5.11 Å². The van der Waals surface area contributed by atoms with Crippen molar-refractivity contribution in [2.24, 2.45) is 0 Å². The highest BCUT2D eigenvalue weighted by Gasteiger charge is 2.04. The van der Waals surface area contributed by atoms with Crippen LogP contribution in [0, 0.1) is 6.92 Å². The van der Waals surface area contributed by atoms with Gasteiger partial charge in [-0.15, -0.1) is 11.3 Å². The predicted molar refractivity (Wildman–Crippen MR) is 83.2 cm³/mol. The van der Waals surface area contributed by atoms with Crippen molar-refractivity contribution in [2.75, 3.05) is 0 Å². The Morgan fingerprint density at radius 1 is 0.789 bits per heavy atom. The molecule has 0 fully saturated rings. The number of aromatic hydroxyl groups is 1. The molecule has 4 aromatic rings. The molecular weight excluding hydrogens is 252 g/mol. The summed E-state index contributed by atoms with van der Waals surface area (Å²) in [4.78, 5) is 0. The molecule has 92 valence electrons. The molecule has 0 aliphatic carbocycles. The molecular formula is C17H12OS. The van der Waals surface area contributed by atoms with Crippen LogP contribution < -0.4 is 0 Å². The van der Waals surface area contributed by atoms with Gasteiger partial charge in [0.1, 0.15) is 5.75 Å². The van der Waals surface area contributed by atoms with Gasteiger partial charge in [0.2, 0.25) is 0 Å². The third-order valence-electron chi connectivity index (χ3n) is 3.68. The first kappa shape index (κ1) is 10.8. The summed E-state index contributed by atoms with van der Waals surface area (Å²) in [6, 6.07) is 14.9. The number of phenols is 1. The Labute approximate surface area is 114 Å². The van der Waals surface area contributed by atoms with Gasteiger partial charge in [0.05, 0.1) is 0 Å². The second kappa shape index (κ2) is 3.72. The van der Waals surface area contributed by atoms with Gasteiger partial charge in [0.25, 0.3) is 0 Å². The molecule has 0 spiro atoms. The number of aryl methyl sites for hydroxylation is 1. The first-order valence-corrected chi connectivity index (χ1v) is 7.13. The summed E-state index contributed by atoms with van der Waals surface area (Å²) in [6.07, 6.45) is 0. The SMILES string of the molecule is Cc1cc2cc3cc4sccc4cc3cc2cc1O. The summed E-state index contributed by atoms with van der Waals surface area (Å²) in [6.45, 7) is 1.93. The maximum Gasteiger partial charge on any atom is 0.119 e. The zero-order chi connectivity index (χ0) is 13.0. The maximum absolute atomic E-state index is 9.83. The molecule has 0 bridgehead atoms. The summed E-state index contributed by atoms with van der Waals surface area (Å²) in [5.74, 6) is 0.364. The predicted octanol–water partition coefficient (Wildman–Crippen LogP) is 5.22. The number of benzene rings is 3.